The average molecular weight is 378 g/mol. The van der Waals surface area contributed by atoms with E-state index in [1.54, 1.807) is 36.4 Å². The first-order valence-electron chi connectivity index (χ1n) is 6.15. The van der Waals surface area contributed by atoms with Crippen LogP contribution in [0.15, 0.2) is 53.0 Å². The maximum atomic E-state index is 12.1. The first kappa shape index (κ1) is 16.1. The van der Waals surface area contributed by atoms with Crippen LogP contribution in [0.4, 0.5) is 5.69 Å². The van der Waals surface area contributed by atoms with E-state index in [9.17, 15) is 14.7 Å². The minimum absolute atomic E-state index is 0.0185. The molecule has 2 rings (SSSR count). The number of aromatic carboxylic acids is 1. The fraction of sp³-hybridized carbons (Fsp3) is 0. The number of thiocarbonyl (C=S) groups is 1. The van der Waals surface area contributed by atoms with Gasteiger partial charge in [-0.1, -0.05) is 24.3 Å². The van der Waals surface area contributed by atoms with Crippen molar-refractivity contribution in [2.45, 2.75) is 0 Å². The zero-order valence-electron chi connectivity index (χ0n) is 11.1. The Kier molecular flexibility index (Phi) is 5.24. The van der Waals surface area contributed by atoms with Gasteiger partial charge in [-0.05, 0) is 58.0 Å². The molecule has 0 aliphatic rings. The third kappa shape index (κ3) is 4.12. The molecule has 0 spiro atoms. The van der Waals surface area contributed by atoms with Crippen molar-refractivity contribution >= 4 is 50.8 Å². The summed E-state index contributed by atoms with van der Waals surface area (Å²) in [5.41, 5.74) is 0.902. The van der Waals surface area contributed by atoms with Crippen LogP contribution in [0.25, 0.3) is 0 Å². The van der Waals surface area contributed by atoms with Crippen molar-refractivity contribution in [3.05, 3.63) is 64.1 Å². The van der Waals surface area contributed by atoms with Gasteiger partial charge in [0, 0.05) is 10.2 Å². The highest BCUT2D eigenvalue weighted by Gasteiger charge is 2.11. The van der Waals surface area contributed by atoms with Gasteiger partial charge in [0.05, 0.1) is 11.5 Å². The van der Waals surface area contributed by atoms with Gasteiger partial charge in [-0.3, -0.25) is 10.1 Å². The highest BCUT2D eigenvalue weighted by molar-refractivity contribution is 9.10. The highest BCUT2D eigenvalue weighted by Crippen LogP contribution is 2.15. The Balaban J connectivity index is 2.04. The highest BCUT2D eigenvalue weighted by atomic mass is 79.9. The summed E-state index contributed by atoms with van der Waals surface area (Å²) in [5.74, 6) is -1.66. The van der Waals surface area contributed by atoms with Crippen LogP contribution in [0.1, 0.15) is 20.7 Å². The van der Waals surface area contributed by atoms with Crippen LogP contribution in [0.5, 0.6) is 0 Å². The number of anilines is 1. The van der Waals surface area contributed by atoms with E-state index in [0.29, 0.717) is 15.7 Å². The second-order valence-electron chi connectivity index (χ2n) is 4.26. The molecule has 2 aromatic rings. The second kappa shape index (κ2) is 7.15. The molecule has 0 aromatic heterocycles. The summed E-state index contributed by atoms with van der Waals surface area (Å²) in [7, 11) is 0. The van der Waals surface area contributed by atoms with E-state index in [4.69, 9.17) is 12.2 Å². The van der Waals surface area contributed by atoms with Crippen molar-refractivity contribution in [2.75, 3.05) is 5.32 Å². The van der Waals surface area contributed by atoms with Gasteiger partial charge in [0.25, 0.3) is 5.91 Å². The van der Waals surface area contributed by atoms with Crippen molar-refractivity contribution in [3.8, 4) is 0 Å². The average Bonchev–Trinajstić information content (AvgIpc) is 2.47. The number of halogens is 1. The molecule has 0 atom stereocenters. The molecule has 2 N–H and O–H groups in total. The van der Waals surface area contributed by atoms with Gasteiger partial charge in [0.15, 0.2) is 5.11 Å². The van der Waals surface area contributed by atoms with E-state index >= 15 is 0 Å². The van der Waals surface area contributed by atoms with Crippen molar-refractivity contribution in [3.63, 3.8) is 0 Å². The lowest BCUT2D eigenvalue weighted by Gasteiger charge is -2.11. The molecule has 0 fully saturated rings. The molecule has 22 heavy (non-hydrogen) atoms. The fourth-order valence-corrected chi connectivity index (χ4v) is 2.38. The molecule has 0 saturated carbocycles. The Bertz CT molecular complexity index is 749. The van der Waals surface area contributed by atoms with E-state index in [-0.39, 0.29) is 16.6 Å². The molecule has 0 aliphatic heterocycles. The first-order chi connectivity index (χ1) is 10.5. The van der Waals surface area contributed by atoms with Crippen LogP contribution < -0.4 is 15.7 Å². The number of nitrogens with one attached hydrogen (secondary N) is 2. The molecule has 0 bridgehead atoms. The molecule has 112 valence electrons. The van der Waals surface area contributed by atoms with Crippen LogP contribution in [0.3, 0.4) is 0 Å². The number of amides is 1. The maximum Gasteiger partial charge on any atom is 0.258 e. The van der Waals surface area contributed by atoms with Crippen molar-refractivity contribution in [2.24, 2.45) is 0 Å². The quantitative estimate of drug-likeness (QED) is 0.798. The molecule has 0 unspecified atom stereocenters. The van der Waals surface area contributed by atoms with Gasteiger partial charge in [-0.25, -0.2) is 0 Å². The maximum absolute atomic E-state index is 12.1. The van der Waals surface area contributed by atoms with E-state index in [0.717, 1.165) is 0 Å². The number of benzene rings is 2. The summed E-state index contributed by atoms with van der Waals surface area (Å²) in [6, 6.07) is 12.9. The Hall–Kier alpha value is -2.25. The molecule has 0 aliphatic carbocycles. The van der Waals surface area contributed by atoms with Crippen LogP contribution in [-0.4, -0.2) is 17.0 Å². The largest absolute Gasteiger partial charge is 0.545 e. The molecule has 1 amide bonds. The van der Waals surface area contributed by atoms with Gasteiger partial charge >= 0.3 is 0 Å². The molecule has 7 heteroatoms. The summed E-state index contributed by atoms with van der Waals surface area (Å²) in [6.45, 7) is 0. The van der Waals surface area contributed by atoms with E-state index in [1.807, 2.05) is 0 Å². The van der Waals surface area contributed by atoms with Gasteiger partial charge in [-0.2, -0.15) is 0 Å². The first-order valence-corrected chi connectivity index (χ1v) is 7.36. The number of rotatable bonds is 3. The predicted octanol–water partition coefficient (Wildman–Crippen LogP) is 1.94. The third-order valence-corrected chi connectivity index (χ3v) is 3.60. The van der Waals surface area contributed by atoms with Crippen LogP contribution in [0.2, 0.25) is 0 Å². The Labute approximate surface area is 140 Å². The molecule has 5 nitrogen and oxygen atoms in total. The molecule has 0 saturated heterocycles. The van der Waals surface area contributed by atoms with E-state index in [1.165, 1.54) is 12.1 Å². The SMILES string of the molecule is O=C([O-])c1cccc(NC(=S)NC(=O)c2ccccc2Br)c1. The molecule has 0 heterocycles. The van der Waals surface area contributed by atoms with Crippen LogP contribution in [0, 0.1) is 0 Å². The lowest BCUT2D eigenvalue weighted by Crippen LogP contribution is -2.34. The van der Waals surface area contributed by atoms with Gasteiger partial charge in [0.2, 0.25) is 0 Å². The molecule has 0 radical (unpaired) electrons. The number of hydrogen-bond acceptors (Lipinski definition) is 4. The Morgan fingerprint density at radius 2 is 1.82 bits per heavy atom. The Morgan fingerprint density at radius 3 is 2.50 bits per heavy atom. The summed E-state index contributed by atoms with van der Waals surface area (Å²) in [4.78, 5) is 22.9. The monoisotopic (exact) mass is 377 g/mol. The minimum atomic E-state index is -1.29. The van der Waals surface area contributed by atoms with Crippen LogP contribution >= 0.6 is 28.1 Å². The number of hydrogen-bond donors (Lipinski definition) is 2. The summed E-state index contributed by atoms with van der Waals surface area (Å²) in [6.07, 6.45) is 0. The van der Waals surface area contributed by atoms with Crippen molar-refractivity contribution in [1.82, 2.24) is 5.32 Å². The predicted molar refractivity (Wildman–Crippen MR) is 88.6 cm³/mol. The molecular weight excluding hydrogens is 368 g/mol. The van der Waals surface area contributed by atoms with Gasteiger partial charge in [0.1, 0.15) is 0 Å². The number of carbonyl (C=O) groups excluding carboxylic acids is 2. The third-order valence-electron chi connectivity index (χ3n) is 2.70. The summed E-state index contributed by atoms with van der Waals surface area (Å²) < 4.78 is 0.647. The van der Waals surface area contributed by atoms with Crippen molar-refractivity contribution < 1.29 is 14.7 Å². The van der Waals surface area contributed by atoms with Crippen molar-refractivity contribution in [1.29, 1.82) is 0 Å². The normalized spacial score (nSPS) is 9.86. The lowest BCUT2D eigenvalue weighted by molar-refractivity contribution is -0.255. The fourth-order valence-electron chi connectivity index (χ4n) is 1.70. The lowest BCUT2D eigenvalue weighted by atomic mass is 10.2. The smallest absolute Gasteiger partial charge is 0.258 e. The van der Waals surface area contributed by atoms with Crippen LogP contribution in [-0.2, 0) is 0 Å². The zero-order valence-corrected chi connectivity index (χ0v) is 13.5. The minimum Gasteiger partial charge on any atom is -0.545 e. The number of carboxylic acid groups (broad SMARTS) is 1. The van der Waals surface area contributed by atoms with Gasteiger partial charge < -0.3 is 15.2 Å². The zero-order chi connectivity index (χ0) is 16.1. The molecule has 2 aromatic carbocycles. The van der Waals surface area contributed by atoms with E-state index < -0.39 is 5.97 Å². The summed E-state index contributed by atoms with van der Waals surface area (Å²) >= 11 is 8.33. The van der Waals surface area contributed by atoms with E-state index in [2.05, 4.69) is 26.6 Å². The summed E-state index contributed by atoms with van der Waals surface area (Å²) in [5, 5.41) is 16.1. The Morgan fingerprint density at radius 1 is 1.09 bits per heavy atom. The topological polar surface area (TPSA) is 81.3 Å². The number of carboxylic acids is 1. The van der Waals surface area contributed by atoms with Gasteiger partial charge in [-0.15, -0.1) is 0 Å². The number of carbonyl (C=O) groups is 2. The molecular formula is C15H10BrN2O3S-. The standard InChI is InChI=1S/C15H11BrN2O3S/c16-12-7-2-1-6-11(12)13(19)18-15(22)17-10-5-3-4-9(8-10)14(20)21/h1-8H,(H,20,21)(H2,17,18,19,22)/p-1. The second-order valence-corrected chi connectivity index (χ2v) is 5.52.